The van der Waals surface area contributed by atoms with Gasteiger partial charge < -0.3 is 10.1 Å². The van der Waals surface area contributed by atoms with Crippen molar-refractivity contribution >= 4 is 40.8 Å². The van der Waals surface area contributed by atoms with Gasteiger partial charge >= 0.3 is 0 Å². The number of nitrogens with one attached hydrogen (secondary N) is 1. The molecule has 0 atom stereocenters. The molecule has 0 aliphatic heterocycles. The summed E-state index contributed by atoms with van der Waals surface area (Å²) in [7, 11) is 0. The Hall–Kier alpha value is -1.23. The minimum absolute atomic E-state index is 0.263. The second-order valence-electron chi connectivity index (χ2n) is 3.95. The summed E-state index contributed by atoms with van der Waals surface area (Å²) < 4.78 is 5.60. The van der Waals surface area contributed by atoms with E-state index < -0.39 is 0 Å². The largest absolute Gasteiger partial charge is 0.437 e. The van der Waals surface area contributed by atoms with Gasteiger partial charge in [0.25, 0.3) is 0 Å². The Labute approximate surface area is 132 Å². The predicted molar refractivity (Wildman–Crippen MR) is 82.4 cm³/mol. The zero-order valence-corrected chi connectivity index (χ0v) is 12.9. The molecule has 0 aliphatic rings. The summed E-state index contributed by atoms with van der Waals surface area (Å²) in [5, 5.41) is 4.24. The normalized spacial score (nSPS) is 10.4. The fraction of sp³-hybridized carbons (Fsp3) is 0.231. The van der Waals surface area contributed by atoms with E-state index in [2.05, 4.69) is 22.2 Å². The highest BCUT2D eigenvalue weighted by Crippen LogP contribution is 2.31. The van der Waals surface area contributed by atoms with E-state index in [9.17, 15) is 0 Å². The summed E-state index contributed by atoms with van der Waals surface area (Å²) in [5.41, 5.74) is 0. The molecular formula is C13H12Cl3N3O. The van der Waals surface area contributed by atoms with Gasteiger partial charge in [0.2, 0.25) is 11.8 Å². The smallest absolute Gasteiger partial charge is 0.243 e. The van der Waals surface area contributed by atoms with Gasteiger partial charge in [-0.15, -0.1) is 0 Å². The maximum absolute atomic E-state index is 6.01. The molecule has 0 spiro atoms. The van der Waals surface area contributed by atoms with Crippen LogP contribution >= 0.6 is 34.8 Å². The molecule has 20 heavy (non-hydrogen) atoms. The van der Waals surface area contributed by atoms with Crippen LogP contribution in [-0.2, 0) is 0 Å². The van der Waals surface area contributed by atoms with Crippen LogP contribution in [0.3, 0.4) is 0 Å². The molecule has 1 N–H and O–H groups in total. The minimum Gasteiger partial charge on any atom is -0.437 e. The van der Waals surface area contributed by atoms with Gasteiger partial charge in [0, 0.05) is 12.6 Å². The molecule has 0 saturated carbocycles. The minimum atomic E-state index is 0.263. The number of nitrogens with zero attached hydrogens (tertiary/aromatic N) is 2. The van der Waals surface area contributed by atoms with E-state index in [1.54, 1.807) is 18.2 Å². The summed E-state index contributed by atoms with van der Waals surface area (Å²) in [6, 6.07) is 4.93. The first-order valence-electron chi connectivity index (χ1n) is 5.99. The first-order valence-corrected chi connectivity index (χ1v) is 7.13. The lowest BCUT2D eigenvalue weighted by Crippen LogP contribution is -2.04. The van der Waals surface area contributed by atoms with Crippen molar-refractivity contribution in [3.05, 3.63) is 39.5 Å². The molecule has 1 aromatic carbocycles. The van der Waals surface area contributed by atoms with E-state index >= 15 is 0 Å². The van der Waals surface area contributed by atoms with Crippen molar-refractivity contribution < 1.29 is 4.74 Å². The number of hydrogen-bond donors (Lipinski definition) is 1. The highest BCUT2D eigenvalue weighted by atomic mass is 35.5. The van der Waals surface area contributed by atoms with Crippen molar-refractivity contribution in [1.82, 2.24) is 9.97 Å². The van der Waals surface area contributed by atoms with E-state index in [-0.39, 0.29) is 5.88 Å². The van der Waals surface area contributed by atoms with E-state index in [1.165, 1.54) is 6.20 Å². The van der Waals surface area contributed by atoms with Crippen LogP contribution in [0.25, 0.3) is 0 Å². The predicted octanol–water partition coefficient (Wildman–Crippen LogP) is 5.05. The van der Waals surface area contributed by atoms with Crippen molar-refractivity contribution in [2.75, 3.05) is 11.9 Å². The molecule has 0 aliphatic carbocycles. The Morgan fingerprint density at radius 1 is 1.15 bits per heavy atom. The molecular weight excluding hydrogens is 321 g/mol. The summed E-state index contributed by atoms with van der Waals surface area (Å²) >= 11 is 17.8. The van der Waals surface area contributed by atoms with Crippen molar-refractivity contribution in [2.45, 2.75) is 13.3 Å². The van der Waals surface area contributed by atoms with Crippen LogP contribution < -0.4 is 10.1 Å². The second kappa shape index (κ2) is 6.97. The van der Waals surface area contributed by atoms with Gasteiger partial charge in [-0.3, -0.25) is 0 Å². The molecule has 0 saturated heterocycles. The Kier molecular flexibility index (Phi) is 5.29. The van der Waals surface area contributed by atoms with Crippen molar-refractivity contribution in [2.24, 2.45) is 0 Å². The number of aromatic nitrogens is 2. The van der Waals surface area contributed by atoms with Crippen LogP contribution in [0.15, 0.2) is 24.4 Å². The van der Waals surface area contributed by atoms with E-state index in [0.29, 0.717) is 26.8 Å². The second-order valence-corrected chi connectivity index (χ2v) is 5.17. The maximum Gasteiger partial charge on any atom is 0.243 e. The molecule has 0 radical (unpaired) electrons. The monoisotopic (exact) mass is 331 g/mol. The highest BCUT2D eigenvalue weighted by molar-refractivity contribution is 6.42. The molecule has 1 aromatic heterocycles. The first kappa shape index (κ1) is 15.2. The van der Waals surface area contributed by atoms with Gasteiger partial charge in [-0.05, 0) is 18.6 Å². The third kappa shape index (κ3) is 3.88. The molecule has 0 fully saturated rings. The summed E-state index contributed by atoms with van der Waals surface area (Å²) in [6.07, 6.45) is 2.45. The number of rotatable bonds is 5. The number of halogens is 3. The van der Waals surface area contributed by atoms with Gasteiger partial charge in [-0.25, -0.2) is 4.98 Å². The Morgan fingerprint density at radius 3 is 2.65 bits per heavy atom. The average Bonchev–Trinajstić information content (AvgIpc) is 2.44. The van der Waals surface area contributed by atoms with Gasteiger partial charge in [-0.1, -0.05) is 41.7 Å². The van der Waals surface area contributed by atoms with E-state index in [0.717, 1.165) is 13.0 Å². The highest BCUT2D eigenvalue weighted by Gasteiger charge is 2.09. The lowest BCUT2D eigenvalue weighted by Gasteiger charge is -2.09. The van der Waals surface area contributed by atoms with Crippen LogP contribution in [0.1, 0.15) is 13.3 Å². The van der Waals surface area contributed by atoms with Crippen molar-refractivity contribution in [3.63, 3.8) is 0 Å². The Bertz CT molecular complexity index is 607. The van der Waals surface area contributed by atoms with Crippen LogP contribution in [0, 0.1) is 0 Å². The number of anilines is 1. The molecule has 0 bridgehead atoms. The van der Waals surface area contributed by atoms with Gasteiger partial charge in [0.15, 0.2) is 0 Å². The molecule has 7 heteroatoms. The van der Waals surface area contributed by atoms with E-state index in [4.69, 9.17) is 39.5 Å². The third-order valence-corrected chi connectivity index (χ3v) is 3.35. The Morgan fingerprint density at radius 2 is 1.95 bits per heavy atom. The van der Waals surface area contributed by atoms with Gasteiger partial charge in [0.05, 0.1) is 16.2 Å². The van der Waals surface area contributed by atoms with Crippen molar-refractivity contribution in [1.29, 1.82) is 0 Å². The molecule has 106 valence electrons. The zero-order valence-electron chi connectivity index (χ0n) is 10.7. The zero-order chi connectivity index (χ0) is 14.5. The number of benzene rings is 1. The third-order valence-electron chi connectivity index (χ3n) is 2.35. The summed E-state index contributed by atoms with van der Waals surface area (Å²) in [4.78, 5) is 8.27. The van der Waals surface area contributed by atoms with Crippen LogP contribution in [0.5, 0.6) is 11.6 Å². The summed E-state index contributed by atoms with van der Waals surface area (Å²) in [5.74, 6) is 1.23. The molecule has 0 unspecified atom stereocenters. The molecule has 4 nitrogen and oxygen atoms in total. The van der Waals surface area contributed by atoms with Crippen LogP contribution in [0.4, 0.5) is 5.95 Å². The van der Waals surface area contributed by atoms with Crippen LogP contribution in [-0.4, -0.2) is 16.5 Å². The quantitative estimate of drug-likeness (QED) is 0.832. The molecule has 1 heterocycles. The number of hydrogen-bond acceptors (Lipinski definition) is 4. The van der Waals surface area contributed by atoms with E-state index in [1.807, 2.05) is 0 Å². The summed E-state index contributed by atoms with van der Waals surface area (Å²) in [6.45, 7) is 2.82. The molecule has 2 rings (SSSR count). The average molecular weight is 333 g/mol. The molecule has 0 amide bonds. The first-order chi connectivity index (χ1) is 9.60. The lowest BCUT2D eigenvalue weighted by molar-refractivity contribution is 0.462. The van der Waals surface area contributed by atoms with Crippen LogP contribution in [0.2, 0.25) is 15.1 Å². The van der Waals surface area contributed by atoms with Gasteiger partial charge in [-0.2, -0.15) is 4.98 Å². The van der Waals surface area contributed by atoms with Gasteiger partial charge in [0.1, 0.15) is 10.8 Å². The molecule has 2 aromatic rings. The topological polar surface area (TPSA) is 47.0 Å². The standard InChI is InChI=1S/C13H12Cl3N3O/c1-2-5-17-13-18-7-11(16)12(19-13)20-8-3-4-9(14)10(15)6-8/h3-4,6-7H,2,5H2,1H3,(H,17,18,19). The lowest BCUT2D eigenvalue weighted by atomic mass is 10.3. The Balaban J connectivity index is 2.20. The fourth-order valence-electron chi connectivity index (χ4n) is 1.40. The number of ether oxygens (including phenoxy) is 1. The van der Waals surface area contributed by atoms with Crippen molar-refractivity contribution in [3.8, 4) is 11.6 Å². The SMILES string of the molecule is CCCNc1ncc(Cl)c(Oc2ccc(Cl)c(Cl)c2)n1. The fourth-order valence-corrected chi connectivity index (χ4v) is 1.81. The maximum atomic E-state index is 6.01.